The molecule has 1 aliphatic rings. The van der Waals surface area contributed by atoms with E-state index in [0.717, 1.165) is 51.6 Å². The van der Waals surface area contributed by atoms with Crippen LogP contribution in [0.5, 0.6) is 0 Å². The Morgan fingerprint density at radius 3 is 2.83 bits per heavy atom. The fraction of sp³-hybridized carbons (Fsp3) is 0.571. The standard InChI is InChI=1S/C14H22N2O2/c1-17-6-2-7-18-8-5-16-10-12-3-4-14(15)9-13(12)11-16/h3-4,9H,2,5-8,10-11,15H2,1H3. The van der Waals surface area contributed by atoms with Crippen molar-refractivity contribution in [1.29, 1.82) is 0 Å². The highest BCUT2D eigenvalue weighted by Gasteiger charge is 2.18. The van der Waals surface area contributed by atoms with Gasteiger partial charge in [0, 0.05) is 45.6 Å². The van der Waals surface area contributed by atoms with Crippen molar-refractivity contribution < 1.29 is 9.47 Å². The van der Waals surface area contributed by atoms with Gasteiger partial charge in [0.05, 0.1) is 6.61 Å². The molecule has 1 aromatic carbocycles. The van der Waals surface area contributed by atoms with Gasteiger partial charge in [0.2, 0.25) is 0 Å². The Morgan fingerprint density at radius 1 is 1.17 bits per heavy atom. The number of benzene rings is 1. The van der Waals surface area contributed by atoms with Crippen LogP contribution in [-0.2, 0) is 22.6 Å². The number of nitrogens with zero attached hydrogens (tertiary/aromatic N) is 1. The normalized spacial score (nSPS) is 14.9. The number of nitrogen functional groups attached to an aromatic ring is 1. The molecule has 0 amide bonds. The SMILES string of the molecule is COCCCOCCN1Cc2ccc(N)cc2C1. The molecule has 0 aromatic heterocycles. The predicted octanol–water partition coefficient (Wildman–Crippen LogP) is 1.64. The molecule has 0 fully saturated rings. The smallest absolute Gasteiger partial charge is 0.0593 e. The second kappa shape index (κ2) is 6.73. The maximum Gasteiger partial charge on any atom is 0.0593 e. The van der Waals surface area contributed by atoms with Crippen LogP contribution in [0.2, 0.25) is 0 Å². The lowest BCUT2D eigenvalue weighted by Crippen LogP contribution is -2.22. The first-order chi connectivity index (χ1) is 8.79. The molecule has 1 aliphatic heterocycles. The molecule has 0 radical (unpaired) electrons. The summed E-state index contributed by atoms with van der Waals surface area (Å²) < 4.78 is 10.5. The molecule has 2 N–H and O–H groups in total. The van der Waals surface area contributed by atoms with Crippen LogP contribution in [0.1, 0.15) is 17.5 Å². The summed E-state index contributed by atoms with van der Waals surface area (Å²) >= 11 is 0. The number of nitrogens with two attached hydrogens (primary N) is 1. The highest BCUT2D eigenvalue weighted by molar-refractivity contribution is 5.46. The van der Waals surface area contributed by atoms with Crippen molar-refractivity contribution >= 4 is 5.69 Å². The number of hydrogen-bond acceptors (Lipinski definition) is 4. The maximum atomic E-state index is 5.79. The third kappa shape index (κ3) is 3.70. The van der Waals surface area contributed by atoms with Crippen LogP contribution in [-0.4, -0.2) is 38.4 Å². The van der Waals surface area contributed by atoms with Gasteiger partial charge in [-0.3, -0.25) is 4.90 Å². The first kappa shape index (κ1) is 13.3. The second-order valence-electron chi connectivity index (χ2n) is 4.70. The third-order valence-corrected chi connectivity index (χ3v) is 3.21. The average molecular weight is 250 g/mol. The number of ether oxygens (including phenoxy) is 2. The molecule has 1 aromatic rings. The van der Waals surface area contributed by atoms with E-state index in [9.17, 15) is 0 Å². The number of methoxy groups -OCH3 is 1. The monoisotopic (exact) mass is 250 g/mol. The van der Waals surface area contributed by atoms with Crippen LogP contribution in [0.25, 0.3) is 0 Å². The molecule has 0 atom stereocenters. The van der Waals surface area contributed by atoms with Crippen molar-refractivity contribution in [3.8, 4) is 0 Å². The molecule has 2 rings (SSSR count). The van der Waals surface area contributed by atoms with Crippen LogP contribution in [0.3, 0.4) is 0 Å². The van der Waals surface area contributed by atoms with Crippen LogP contribution in [0.15, 0.2) is 18.2 Å². The molecule has 18 heavy (non-hydrogen) atoms. The lowest BCUT2D eigenvalue weighted by molar-refractivity contribution is 0.0832. The third-order valence-electron chi connectivity index (χ3n) is 3.21. The molecular weight excluding hydrogens is 228 g/mol. The highest BCUT2D eigenvalue weighted by atomic mass is 16.5. The first-order valence-corrected chi connectivity index (χ1v) is 6.46. The van der Waals surface area contributed by atoms with Crippen molar-refractivity contribution in [2.24, 2.45) is 0 Å². The van der Waals surface area contributed by atoms with E-state index in [1.807, 2.05) is 6.07 Å². The molecule has 4 nitrogen and oxygen atoms in total. The molecule has 0 saturated heterocycles. The van der Waals surface area contributed by atoms with Crippen LogP contribution >= 0.6 is 0 Å². The van der Waals surface area contributed by atoms with Gasteiger partial charge in [-0.2, -0.15) is 0 Å². The van der Waals surface area contributed by atoms with Crippen LogP contribution in [0, 0.1) is 0 Å². The summed E-state index contributed by atoms with van der Waals surface area (Å²) in [6, 6.07) is 6.18. The van der Waals surface area contributed by atoms with E-state index in [0.29, 0.717) is 0 Å². The topological polar surface area (TPSA) is 47.7 Å². The van der Waals surface area contributed by atoms with Gasteiger partial charge >= 0.3 is 0 Å². The van der Waals surface area contributed by atoms with Gasteiger partial charge in [-0.1, -0.05) is 6.07 Å². The van der Waals surface area contributed by atoms with E-state index in [2.05, 4.69) is 17.0 Å². The molecule has 100 valence electrons. The van der Waals surface area contributed by atoms with Gasteiger partial charge in [0.25, 0.3) is 0 Å². The first-order valence-electron chi connectivity index (χ1n) is 6.46. The van der Waals surface area contributed by atoms with Gasteiger partial charge in [0.1, 0.15) is 0 Å². The Kier molecular flexibility index (Phi) is 4.99. The fourth-order valence-electron chi connectivity index (χ4n) is 2.24. The zero-order chi connectivity index (χ0) is 12.8. The number of rotatable bonds is 7. The Morgan fingerprint density at radius 2 is 2.00 bits per heavy atom. The molecule has 1 heterocycles. The minimum atomic E-state index is 0.772. The molecule has 0 aliphatic carbocycles. The predicted molar refractivity (Wildman–Crippen MR) is 72.3 cm³/mol. The lowest BCUT2D eigenvalue weighted by Gasteiger charge is -2.14. The Labute approximate surface area is 109 Å². The van der Waals surface area contributed by atoms with Crippen molar-refractivity contribution in [3.63, 3.8) is 0 Å². The van der Waals surface area contributed by atoms with Gasteiger partial charge in [-0.05, 0) is 29.7 Å². The zero-order valence-corrected chi connectivity index (χ0v) is 11.0. The van der Waals surface area contributed by atoms with E-state index in [-0.39, 0.29) is 0 Å². The van der Waals surface area contributed by atoms with Crippen molar-refractivity contribution in [1.82, 2.24) is 4.90 Å². The summed E-state index contributed by atoms with van der Waals surface area (Å²) in [5, 5.41) is 0. The van der Waals surface area contributed by atoms with E-state index >= 15 is 0 Å². The summed E-state index contributed by atoms with van der Waals surface area (Å²) in [6.07, 6.45) is 0.966. The second-order valence-corrected chi connectivity index (χ2v) is 4.70. The van der Waals surface area contributed by atoms with E-state index in [4.69, 9.17) is 15.2 Å². The van der Waals surface area contributed by atoms with Crippen LogP contribution in [0.4, 0.5) is 5.69 Å². The number of fused-ring (bicyclic) bond motifs is 1. The molecular formula is C14H22N2O2. The Hall–Kier alpha value is -1.10. The lowest BCUT2D eigenvalue weighted by atomic mass is 10.1. The maximum absolute atomic E-state index is 5.79. The average Bonchev–Trinajstić information content (AvgIpc) is 2.75. The summed E-state index contributed by atoms with van der Waals surface area (Å²) in [6.45, 7) is 5.31. The molecule has 0 saturated carbocycles. The summed E-state index contributed by atoms with van der Waals surface area (Å²) in [7, 11) is 1.72. The van der Waals surface area contributed by atoms with E-state index in [1.54, 1.807) is 7.11 Å². The van der Waals surface area contributed by atoms with Gasteiger partial charge in [-0.25, -0.2) is 0 Å². The largest absolute Gasteiger partial charge is 0.399 e. The van der Waals surface area contributed by atoms with Gasteiger partial charge in [0.15, 0.2) is 0 Å². The Balaban J connectivity index is 1.65. The quantitative estimate of drug-likeness (QED) is 0.590. The van der Waals surface area contributed by atoms with E-state index in [1.165, 1.54) is 11.1 Å². The fourth-order valence-corrected chi connectivity index (χ4v) is 2.24. The Bertz CT molecular complexity index is 382. The van der Waals surface area contributed by atoms with Gasteiger partial charge in [-0.15, -0.1) is 0 Å². The van der Waals surface area contributed by atoms with Crippen molar-refractivity contribution in [2.75, 3.05) is 39.2 Å². The zero-order valence-electron chi connectivity index (χ0n) is 11.0. The number of hydrogen-bond donors (Lipinski definition) is 1. The van der Waals surface area contributed by atoms with E-state index < -0.39 is 0 Å². The molecule has 4 heteroatoms. The number of anilines is 1. The van der Waals surface area contributed by atoms with Crippen molar-refractivity contribution in [3.05, 3.63) is 29.3 Å². The minimum Gasteiger partial charge on any atom is -0.399 e. The summed E-state index contributed by atoms with van der Waals surface area (Å²) in [5.41, 5.74) is 9.39. The summed E-state index contributed by atoms with van der Waals surface area (Å²) in [5.74, 6) is 0. The van der Waals surface area contributed by atoms with Gasteiger partial charge < -0.3 is 15.2 Å². The van der Waals surface area contributed by atoms with Crippen molar-refractivity contribution in [2.45, 2.75) is 19.5 Å². The summed E-state index contributed by atoms with van der Waals surface area (Å²) in [4.78, 5) is 2.39. The molecule has 0 bridgehead atoms. The minimum absolute atomic E-state index is 0.772. The van der Waals surface area contributed by atoms with Crippen LogP contribution < -0.4 is 5.73 Å². The molecule has 0 unspecified atom stereocenters. The highest BCUT2D eigenvalue weighted by Crippen LogP contribution is 2.24. The molecule has 0 spiro atoms.